The van der Waals surface area contributed by atoms with Gasteiger partial charge in [0.25, 0.3) is 5.91 Å². The van der Waals surface area contributed by atoms with Crippen LogP contribution in [0.3, 0.4) is 0 Å². The number of thiocarbonyl (C=S) groups is 1. The number of aromatic nitrogens is 1. The number of benzene rings is 1. The van der Waals surface area contributed by atoms with Crippen LogP contribution in [0.25, 0.3) is 17.2 Å². The summed E-state index contributed by atoms with van der Waals surface area (Å²) >= 11 is 13.0. The van der Waals surface area contributed by atoms with Crippen molar-refractivity contribution in [3.63, 3.8) is 0 Å². The molecule has 2 heterocycles. The summed E-state index contributed by atoms with van der Waals surface area (Å²) in [4.78, 5) is 19.7. The highest BCUT2D eigenvalue weighted by Gasteiger charge is 2.35. The topological polar surface area (TPSA) is 33.2 Å². The second kappa shape index (κ2) is 8.76. The molecule has 28 heavy (non-hydrogen) atoms. The van der Waals surface area contributed by atoms with E-state index in [0.29, 0.717) is 15.1 Å². The molecule has 6 heteroatoms. The lowest BCUT2D eigenvalue weighted by Gasteiger charge is -2.24. The van der Waals surface area contributed by atoms with E-state index in [-0.39, 0.29) is 11.9 Å². The van der Waals surface area contributed by atoms with E-state index in [1.165, 1.54) is 11.8 Å². The van der Waals surface area contributed by atoms with Gasteiger partial charge in [0.2, 0.25) is 0 Å². The van der Waals surface area contributed by atoms with Crippen LogP contribution in [-0.4, -0.2) is 26.2 Å². The number of hydrogen-bond donors (Lipinski definition) is 0. The van der Waals surface area contributed by atoms with E-state index < -0.39 is 0 Å². The molecule has 1 atom stereocenters. The van der Waals surface area contributed by atoms with E-state index in [0.717, 1.165) is 33.8 Å². The minimum Gasteiger partial charge on any atom is -0.290 e. The van der Waals surface area contributed by atoms with Gasteiger partial charge in [-0.05, 0) is 55.5 Å². The molecule has 1 aliphatic rings. The van der Waals surface area contributed by atoms with Crippen molar-refractivity contribution in [3.05, 3.63) is 57.7 Å². The van der Waals surface area contributed by atoms with Crippen molar-refractivity contribution < 1.29 is 4.79 Å². The maximum Gasteiger partial charge on any atom is 0.266 e. The second-order valence-electron chi connectivity index (χ2n) is 7.47. The molecule has 1 amide bonds. The molecule has 0 saturated carbocycles. The van der Waals surface area contributed by atoms with Crippen LogP contribution < -0.4 is 0 Å². The molecule has 0 radical (unpaired) electrons. The number of amides is 1. The van der Waals surface area contributed by atoms with Crippen LogP contribution >= 0.6 is 35.6 Å². The maximum absolute atomic E-state index is 12.8. The highest BCUT2D eigenvalue weighted by molar-refractivity contribution is 8.26. The average Bonchev–Trinajstić information content (AvgIpc) is 2.91. The molecule has 1 aromatic heterocycles. The molecule has 1 saturated heterocycles. The molecular formula is C22H23ClN2OS2. The van der Waals surface area contributed by atoms with Crippen LogP contribution in [0.1, 0.15) is 38.4 Å². The molecule has 0 spiro atoms. The number of carbonyl (C=O) groups excluding carboxylic acids is 1. The Labute approximate surface area is 181 Å². The molecule has 3 rings (SSSR count). The Morgan fingerprint density at radius 1 is 1.21 bits per heavy atom. The number of pyridine rings is 1. The summed E-state index contributed by atoms with van der Waals surface area (Å²) in [5.74, 6) is 0.479. The van der Waals surface area contributed by atoms with Gasteiger partial charge in [0.05, 0.1) is 10.6 Å². The van der Waals surface area contributed by atoms with Crippen molar-refractivity contribution in [2.24, 2.45) is 5.92 Å². The lowest BCUT2D eigenvalue weighted by atomic mass is 10.0. The number of hydrogen-bond acceptors (Lipinski definition) is 4. The van der Waals surface area contributed by atoms with Gasteiger partial charge in [0.1, 0.15) is 4.32 Å². The van der Waals surface area contributed by atoms with Crippen molar-refractivity contribution in [1.29, 1.82) is 0 Å². The van der Waals surface area contributed by atoms with Crippen molar-refractivity contribution in [2.75, 3.05) is 0 Å². The van der Waals surface area contributed by atoms with Gasteiger partial charge in [-0.25, -0.2) is 0 Å². The fourth-order valence-electron chi connectivity index (χ4n) is 3.22. The molecule has 3 nitrogen and oxygen atoms in total. The summed E-state index contributed by atoms with van der Waals surface area (Å²) in [5, 5.41) is 0.737. The van der Waals surface area contributed by atoms with E-state index in [2.05, 4.69) is 18.8 Å². The van der Waals surface area contributed by atoms with E-state index in [1.54, 1.807) is 11.1 Å². The molecular weight excluding hydrogens is 408 g/mol. The molecule has 1 fully saturated rings. The molecule has 1 aliphatic heterocycles. The molecule has 1 aromatic carbocycles. The highest BCUT2D eigenvalue weighted by atomic mass is 35.5. The lowest BCUT2D eigenvalue weighted by molar-refractivity contribution is -0.123. The van der Waals surface area contributed by atoms with Crippen LogP contribution in [0, 0.1) is 12.8 Å². The summed E-state index contributed by atoms with van der Waals surface area (Å²) in [6, 6.07) is 9.96. The monoisotopic (exact) mass is 430 g/mol. The predicted molar refractivity (Wildman–Crippen MR) is 123 cm³/mol. The summed E-state index contributed by atoms with van der Waals surface area (Å²) in [5.41, 5.74) is 3.78. The SMILES string of the molecule is Cc1ccc(-c2ccc(/C=C3\SC(=S)N([C@H](C)CC(C)C)C3=O)nc2)cc1Cl. The summed E-state index contributed by atoms with van der Waals surface area (Å²) in [6.07, 6.45) is 4.54. The van der Waals surface area contributed by atoms with E-state index in [1.807, 2.05) is 50.3 Å². The Bertz CT molecular complexity index is 938. The molecule has 0 unspecified atom stereocenters. The predicted octanol–water partition coefficient (Wildman–Crippen LogP) is 6.35. The first-order valence-electron chi connectivity index (χ1n) is 9.26. The number of nitrogens with zero attached hydrogens (tertiary/aromatic N) is 2. The van der Waals surface area contributed by atoms with Gasteiger partial charge >= 0.3 is 0 Å². The third-order valence-electron chi connectivity index (χ3n) is 4.65. The number of rotatable bonds is 5. The summed E-state index contributed by atoms with van der Waals surface area (Å²) in [6.45, 7) is 8.33. The minimum absolute atomic E-state index is 0.0284. The minimum atomic E-state index is -0.0284. The van der Waals surface area contributed by atoms with Gasteiger partial charge in [-0.15, -0.1) is 0 Å². The highest BCUT2D eigenvalue weighted by Crippen LogP contribution is 2.35. The standard InChI is InChI=1S/C22H23ClN2OS2/c1-13(2)9-15(4)25-21(26)20(28-22(25)27)11-18-8-7-17(12-24-18)16-6-5-14(3)19(23)10-16/h5-8,10-13,15H,9H2,1-4H3/b20-11-/t15-/m1/s1. The van der Waals surface area contributed by atoms with Crippen molar-refractivity contribution in [2.45, 2.75) is 40.2 Å². The van der Waals surface area contributed by atoms with Crippen LogP contribution in [0.2, 0.25) is 5.02 Å². The average molecular weight is 431 g/mol. The van der Waals surface area contributed by atoms with Crippen molar-refractivity contribution in [3.8, 4) is 11.1 Å². The van der Waals surface area contributed by atoms with Gasteiger partial charge in [0.15, 0.2) is 0 Å². The molecule has 0 bridgehead atoms. The Hall–Kier alpha value is -1.69. The fraction of sp³-hybridized carbons (Fsp3) is 0.318. The quantitative estimate of drug-likeness (QED) is 0.409. The normalized spacial score (nSPS) is 17.1. The first-order chi connectivity index (χ1) is 13.3. The molecule has 2 aromatic rings. The van der Waals surface area contributed by atoms with E-state index >= 15 is 0 Å². The zero-order valence-corrected chi connectivity index (χ0v) is 18.8. The first kappa shape index (κ1) is 21.0. The Balaban J connectivity index is 1.79. The summed E-state index contributed by atoms with van der Waals surface area (Å²) in [7, 11) is 0. The van der Waals surface area contributed by atoms with Crippen LogP contribution in [0.5, 0.6) is 0 Å². The fourth-order valence-corrected chi connectivity index (χ4v) is 4.84. The van der Waals surface area contributed by atoms with Gasteiger partial charge in [-0.3, -0.25) is 14.7 Å². The van der Waals surface area contributed by atoms with Crippen molar-refractivity contribution in [1.82, 2.24) is 9.88 Å². The van der Waals surface area contributed by atoms with Gasteiger partial charge < -0.3 is 0 Å². The Kier molecular flexibility index (Phi) is 6.58. The smallest absolute Gasteiger partial charge is 0.266 e. The third-order valence-corrected chi connectivity index (χ3v) is 6.38. The zero-order valence-electron chi connectivity index (χ0n) is 16.4. The van der Waals surface area contributed by atoms with E-state index in [4.69, 9.17) is 23.8 Å². The largest absolute Gasteiger partial charge is 0.290 e. The number of aryl methyl sites for hydroxylation is 1. The van der Waals surface area contributed by atoms with Gasteiger partial charge in [0, 0.05) is 22.8 Å². The zero-order chi connectivity index (χ0) is 20.4. The number of halogens is 1. The van der Waals surface area contributed by atoms with E-state index in [9.17, 15) is 4.79 Å². The first-order valence-corrected chi connectivity index (χ1v) is 10.9. The molecule has 0 N–H and O–H groups in total. The van der Waals surface area contributed by atoms with Crippen LogP contribution in [0.4, 0.5) is 0 Å². The Morgan fingerprint density at radius 3 is 2.54 bits per heavy atom. The van der Waals surface area contributed by atoms with Crippen LogP contribution in [-0.2, 0) is 4.79 Å². The Morgan fingerprint density at radius 2 is 1.93 bits per heavy atom. The lowest BCUT2D eigenvalue weighted by Crippen LogP contribution is -2.37. The second-order valence-corrected chi connectivity index (χ2v) is 9.55. The van der Waals surface area contributed by atoms with Crippen LogP contribution in [0.15, 0.2) is 41.4 Å². The van der Waals surface area contributed by atoms with Gasteiger partial charge in [-0.1, -0.05) is 67.6 Å². The molecule has 146 valence electrons. The maximum atomic E-state index is 12.8. The van der Waals surface area contributed by atoms with Crippen molar-refractivity contribution >= 4 is 51.9 Å². The molecule has 0 aliphatic carbocycles. The summed E-state index contributed by atoms with van der Waals surface area (Å²) < 4.78 is 0.621. The third kappa shape index (κ3) is 4.65. The number of carbonyl (C=O) groups is 1. The van der Waals surface area contributed by atoms with Gasteiger partial charge in [-0.2, -0.15) is 0 Å². The number of thioether (sulfide) groups is 1.